The SMILES string of the molecule is CCN=C(N)Nc1ccccc1F. The summed E-state index contributed by atoms with van der Waals surface area (Å²) in [5, 5.41) is 2.66. The topological polar surface area (TPSA) is 50.4 Å². The number of nitrogens with one attached hydrogen (secondary N) is 1. The minimum atomic E-state index is -0.336. The molecule has 0 radical (unpaired) electrons. The molecule has 0 amide bonds. The molecule has 1 aromatic carbocycles. The van der Waals surface area contributed by atoms with E-state index >= 15 is 0 Å². The van der Waals surface area contributed by atoms with Gasteiger partial charge in [0.05, 0.1) is 5.69 Å². The summed E-state index contributed by atoms with van der Waals surface area (Å²) in [6.07, 6.45) is 0. The third-order valence-electron chi connectivity index (χ3n) is 1.47. The van der Waals surface area contributed by atoms with Crippen molar-refractivity contribution in [2.24, 2.45) is 10.7 Å². The Labute approximate surface area is 76.5 Å². The first-order chi connectivity index (χ1) is 6.24. The Hall–Kier alpha value is -1.58. The van der Waals surface area contributed by atoms with E-state index in [1.165, 1.54) is 6.07 Å². The normalized spacial score (nSPS) is 11.4. The second-order valence-corrected chi connectivity index (χ2v) is 2.46. The number of nitrogens with two attached hydrogens (primary N) is 1. The molecule has 0 aromatic heterocycles. The smallest absolute Gasteiger partial charge is 0.193 e. The van der Waals surface area contributed by atoms with Crippen molar-refractivity contribution in [3.05, 3.63) is 30.1 Å². The van der Waals surface area contributed by atoms with Gasteiger partial charge in [-0.15, -0.1) is 0 Å². The standard InChI is InChI=1S/C9H12FN3/c1-2-12-9(11)13-8-6-4-3-5-7(8)10/h3-6H,2H2,1H3,(H3,11,12,13). The van der Waals surface area contributed by atoms with Gasteiger partial charge >= 0.3 is 0 Å². The maximum absolute atomic E-state index is 13.0. The van der Waals surface area contributed by atoms with Crippen LogP contribution in [-0.2, 0) is 0 Å². The van der Waals surface area contributed by atoms with E-state index in [4.69, 9.17) is 5.73 Å². The molecule has 0 aliphatic heterocycles. The second kappa shape index (κ2) is 4.45. The van der Waals surface area contributed by atoms with Crippen LogP contribution in [0.15, 0.2) is 29.3 Å². The molecule has 3 nitrogen and oxygen atoms in total. The minimum absolute atomic E-state index is 0.229. The first-order valence-corrected chi connectivity index (χ1v) is 4.05. The van der Waals surface area contributed by atoms with Gasteiger partial charge in [0.25, 0.3) is 0 Å². The lowest BCUT2D eigenvalue weighted by Crippen LogP contribution is -2.23. The predicted molar refractivity (Wildman–Crippen MR) is 52.2 cm³/mol. The molecule has 0 atom stereocenters. The number of rotatable bonds is 2. The Bertz CT molecular complexity index is 309. The molecular formula is C9H12FN3. The van der Waals surface area contributed by atoms with Gasteiger partial charge in [0, 0.05) is 6.54 Å². The highest BCUT2D eigenvalue weighted by atomic mass is 19.1. The molecule has 0 aliphatic carbocycles. The van der Waals surface area contributed by atoms with E-state index < -0.39 is 0 Å². The molecule has 1 rings (SSSR count). The fourth-order valence-corrected chi connectivity index (χ4v) is 0.910. The molecule has 0 saturated heterocycles. The van der Waals surface area contributed by atoms with Crippen molar-refractivity contribution >= 4 is 11.6 Å². The number of benzene rings is 1. The number of para-hydroxylation sites is 1. The average molecular weight is 181 g/mol. The van der Waals surface area contributed by atoms with Gasteiger partial charge in [-0.1, -0.05) is 12.1 Å². The van der Waals surface area contributed by atoms with Crippen molar-refractivity contribution in [2.45, 2.75) is 6.92 Å². The summed E-state index contributed by atoms with van der Waals surface area (Å²) in [4.78, 5) is 3.88. The van der Waals surface area contributed by atoms with Gasteiger partial charge in [-0.3, -0.25) is 4.99 Å². The minimum Gasteiger partial charge on any atom is -0.370 e. The highest BCUT2D eigenvalue weighted by Gasteiger charge is 1.99. The fraction of sp³-hybridized carbons (Fsp3) is 0.222. The van der Waals surface area contributed by atoms with Gasteiger partial charge in [0.2, 0.25) is 0 Å². The van der Waals surface area contributed by atoms with Gasteiger partial charge in [-0.25, -0.2) is 4.39 Å². The Morgan fingerprint density at radius 1 is 1.54 bits per heavy atom. The summed E-state index contributed by atoms with van der Waals surface area (Å²) >= 11 is 0. The van der Waals surface area contributed by atoms with Gasteiger partial charge in [-0.05, 0) is 19.1 Å². The summed E-state index contributed by atoms with van der Waals surface area (Å²) in [6.45, 7) is 2.43. The largest absolute Gasteiger partial charge is 0.370 e. The van der Waals surface area contributed by atoms with Crippen molar-refractivity contribution in [1.82, 2.24) is 0 Å². The van der Waals surface area contributed by atoms with Gasteiger partial charge in [0.1, 0.15) is 5.82 Å². The maximum Gasteiger partial charge on any atom is 0.193 e. The van der Waals surface area contributed by atoms with Crippen LogP contribution in [0.3, 0.4) is 0 Å². The van der Waals surface area contributed by atoms with Crippen LogP contribution in [0.4, 0.5) is 10.1 Å². The number of nitrogens with zero attached hydrogens (tertiary/aromatic N) is 1. The summed E-state index contributed by atoms with van der Waals surface area (Å²) in [5.41, 5.74) is 5.80. The molecule has 70 valence electrons. The highest BCUT2D eigenvalue weighted by Crippen LogP contribution is 2.11. The number of halogens is 1. The van der Waals surface area contributed by atoms with Crippen LogP contribution in [0, 0.1) is 5.82 Å². The van der Waals surface area contributed by atoms with E-state index in [1.807, 2.05) is 6.92 Å². The third-order valence-corrected chi connectivity index (χ3v) is 1.47. The Balaban J connectivity index is 2.74. The van der Waals surface area contributed by atoms with Gasteiger partial charge in [-0.2, -0.15) is 0 Å². The highest BCUT2D eigenvalue weighted by molar-refractivity contribution is 5.92. The van der Waals surface area contributed by atoms with Crippen molar-refractivity contribution in [1.29, 1.82) is 0 Å². The Morgan fingerprint density at radius 2 is 2.23 bits per heavy atom. The van der Waals surface area contributed by atoms with E-state index in [1.54, 1.807) is 18.2 Å². The van der Waals surface area contributed by atoms with E-state index in [0.29, 0.717) is 12.2 Å². The third kappa shape index (κ3) is 2.74. The zero-order chi connectivity index (χ0) is 9.68. The number of hydrogen-bond donors (Lipinski definition) is 2. The van der Waals surface area contributed by atoms with Crippen LogP contribution in [0.1, 0.15) is 6.92 Å². The summed E-state index contributed by atoms with van der Waals surface area (Å²) in [5.74, 6) is -0.107. The molecule has 4 heteroatoms. The van der Waals surface area contributed by atoms with Crippen molar-refractivity contribution in [2.75, 3.05) is 11.9 Å². The Kier molecular flexibility index (Phi) is 3.25. The van der Waals surface area contributed by atoms with Crippen LogP contribution >= 0.6 is 0 Å². The van der Waals surface area contributed by atoms with Crippen LogP contribution in [0.5, 0.6) is 0 Å². The molecule has 0 aliphatic rings. The van der Waals surface area contributed by atoms with Crippen LogP contribution < -0.4 is 11.1 Å². The molecule has 3 N–H and O–H groups in total. The van der Waals surface area contributed by atoms with E-state index in [-0.39, 0.29) is 11.8 Å². The molecule has 13 heavy (non-hydrogen) atoms. The zero-order valence-corrected chi connectivity index (χ0v) is 7.42. The van der Waals surface area contributed by atoms with E-state index in [9.17, 15) is 4.39 Å². The fourth-order valence-electron chi connectivity index (χ4n) is 0.910. The molecule has 1 aromatic rings. The lowest BCUT2D eigenvalue weighted by molar-refractivity contribution is 0.632. The number of anilines is 1. The Morgan fingerprint density at radius 3 is 2.85 bits per heavy atom. The number of aliphatic imine (C=N–C) groups is 1. The van der Waals surface area contributed by atoms with E-state index in [0.717, 1.165) is 0 Å². The molecule has 0 bridgehead atoms. The summed E-state index contributed by atoms with van der Waals surface area (Å²) in [6, 6.07) is 6.31. The summed E-state index contributed by atoms with van der Waals surface area (Å²) < 4.78 is 13.0. The first kappa shape index (κ1) is 9.51. The second-order valence-electron chi connectivity index (χ2n) is 2.46. The maximum atomic E-state index is 13.0. The van der Waals surface area contributed by atoms with E-state index in [2.05, 4.69) is 10.3 Å². The van der Waals surface area contributed by atoms with Crippen LogP contribution in [0.2, 0.25) is 0 Å². The predicted octanol–water partition coefficient (Wildman–Crippen LogP) is 1.57. The van der Waals surface area contributed by atoms with Crippen molar-refractivity contribution in [3.8, 4) is 0 Å². The molecular weight excluding hydrogens is 169 g/mol. The van der Waals surface area contributed by atoms with Gasteiger partial charge in [0.15, 0.2) is 5.96 Å². The van der Waals surface area contributed by atoms with Crippen molar-refractivity contribution in [3.63, 3.8) is 0 Å². The summed E-state index contributed by atoms with van der Waals surface area (Å²) in [7, 11) is 0. The first-order valence-electron chi connectivity index (χ1n) is 4.05. The monoisotopic (exact) mass is 181 g/mol. The molecule has 0 spiro atoms. The molecule has 0 unspecified atom stereocenters. The van der Waals surface area contributed by atoms with Crippen LogP contribution in [-0.4, -0.2) is 12.5 Å². The number of hydrogen-bond acceptors (Lipinski definition) is 1. The van der Waals surface area contributed by atoms with Crippen molar-refractivity contribution < 1.29 is 4.39 Å². The molecule has 0 fully saturated rings. The number of guanidine groups is 1. The zero-order valence-electron chi connectivity index (χ0n) is 7.42. The van der Waals surface area contributed by atoms with Gasteiger partial charge < -0.3 is 11.1 Å². The lowest BCUT2D eigenvalue weighted by Gasteiger charge is -2.05. The van der Waals surface area contributed by atoms with Crippen LogP contribution in [0.25, 0.3) is 0 Å². The quantitative estimate of drug-likeness (QED) is 0.537. The average Bonchev–Trinajstić information content (AvgIpc) is 2.09. The molecule has 0 heterocycles. The lowest BCUT2D eigenvalue weighted by atomic mass is 10.3. The molecule has 0 saturated carbocycles.